The van der Waals surface area contributed by atoms with Crippen molar-refractivity contribution < 1.29 is 13.2 Å². The van der Waals surface area contributed by atoms with E-state index < -0.39 is 12.1 Å². The van der Waals surface area contributed by atoms with Crippen LogP contribution in [-0.4, -0.2) is 35.8 Å². The largest absolute Gasteiger partial charge is 0.391 e. The van der Waals surface area contributed by atoms with Gasteiger partial charge < -0.3 is 10.2 Å². The van der Waals surface area contributed by atoms with Gasteiger partial charge in [-0.05, 0) is 31.5 Å². The summed E-state index contributed by atoms with van der Waals surface area (Å²) < 4.78 is 37.2. The molecule has 1 aliphatic rings. The molecule has 2 nitrogen and oxygen atoms in total. The Kier molecular flexibility index (Phi) is 4.83. The van der Waals surface area contributed by atoms with Crippen molar-refractivity contribution in [3.63, 3.8) is 0 Å². The van der Waals surface area contributed by atoms with Gasteiger partial charge in [0.2, 0.25) is 0 Å². The number of nitrogens with zero attached hydrogens (tertiary/aromatic N) is 1. The molecule has 1 N–H and O–H groups in total. The van der Waals surface area contributed by atoms with E-state index in [2.05, 4.69) is 5.32 Å². The Morgan fingerprint density at radius 1 is 1.38 bits per heavy atom. The van der Waals surface area contributed by atoms with Crippen molar-refractivity contribution in [2.24, 2.45) is 5.92 Å². The molecule has 1 saturated heterocycles. The van der Waals surface area contributed by atoms with Crippen LogP contribution in [0.15, 0.2) is 0 Å². The predicted octanol–water partition coefficient (Wildman–Crippen LogP) is 2.55. The van der Waals surface area contributed by atoms with Gasteiger partial charge in [-0.1, -0.05) is 6.92 Å². The number of rotatable bonds is 2. The summed E-state index contributed by atoms with van der Waals surface area (Å²) >= 11 is 5.11. The predicted molar refractivity (Wildman–Crippen MR) is 61.2 cm³/mol. The maximum absolute atomic E-state index is 12.4. The summed E-state index contributed by atoms with van der Waals surface area (Å²) in [5, 5.41) is 3.62. The van der Waals surface area contributed by atoms with Gasteiger partial charge in [-0.3, -0.25) is 0 Å². The molecule has 1 heterocycles. The Morgan fingerprint density at radius 3 is 2.38 bits per heavy atom. The highest BCUT2D eigenvalue weighted by atomic mass is 32.1. The van der Waals surface area contributed by atoms with E-state index in [0.717, 1.165) is 13.0 Å². The van der Waals surface area contributed by atoms with Crippen molar-refractivity contribution in [2.75, 3.05) is 19.6 Å². The van der Waals surface area contributed by atoms with E-state index in [1.54, 1.807) is 0 Å². The van der Waals surface area contributed by atoms with Crippen LogP contribution in [0.25, 0.3) is 0 Å². The first-order valence-corrected chi connectivity index (χ1v) is 5.95. The van der Waals surface area contributed by atoms with Gasteiger partial charge in [0.1, 0.15) is 0 Å². The summed E-state index contributed by atoms with van der Waals surface area (Å²) in [4.78, 5) is 1.83. The number of thiocarbonyl (C=S) groups is 1. The summed E-state index contributed by atoms with van der Waals surface area (Å²) in [6, 6.07) is 0. The van der Waals surface area contributed by atoms with Crippen molar-refractivity contribution in [2.45, 2.75) is 32.4 Å². The van der Waals surface area contributed by atoms with Gasteiger partial charge in [0.15, 0.2) is 5.11 Å². The smallest absolute Gasteiger partial charge is 0.363 e. The van der Waals surface area contributed by atoms with Crippen LogP contribution in [0.1, 0.15) is 26.2 Å². The molecule has 0 aromatic carbocycles. The van der Waals surface area contributed by atoms with Crippen LogP contribution in [0.2, 0.25) is 0 Å². The van der Waals surface area contributed by atoms with Gasteiger partial charge in [0.05, 0.1) is 5.92 Å². The topological polar surface area (TPSA) is 15.3 Å². The van der Waals surface area contributed by atoms with Gasteiger partial charge in [0, 0.05) is 19.6 Å². The third kappa shape index (κ3) is 3.81. The Morgan fingerprint density at radius 2 is 1.94 bits per heavy atom. The fourth-order valence-corrected chi connectivity index (χ4v) is 2.04. The lowest BCUT2D eigenvalue weighted by Gasteiger charge is -2.34. The average Bonchev–Trinajstić information content (AvgIpc) is 2.25. The Labute approximate surface area is 99.2 Å². The molecule has 0 aromatic heterocycles. The quantitative estimate of drug-likeness (QED) is 0.762. The maximum Gasteiger partial charge on any atom is 0.391 e. The monoisotopic (exact) mass is 254 g/mol. The number of likely N-dealkylation sites (tertiary alicyclic amines) is 1. The first-order valence-electron chi connectivity index (χ1n) is 5.54. The number of hydrogen-bond donors (Lipinski definition) is 1. The molecule has 0 radical (unpaired) electrons. The van der Waals surface area contributed by atoms with E-state index in [1.807, 2.05) is 11.8 Å². The second-order valence-corrected chi connectivity index (χ2v) is 4.42. The number of halogens is 3. The molecule has 0 atom stereocenters. The van der Waals surface area contributed by atoms with E-state index >= 15 is 0 Å². The fraction of sp³-hybridized carbons (Fsp3) is 0.900. The highest BCUT2D eigenvalue weighted by Crippen LogP contribution is 2.33. The standard InChI is InChI=1S/C10H17F3N2S/c1-2-5-14-9(16)15-6-3-8(4-7-15)10(11,12)13/h8H,2-7H2,1H3,(H,14,16). The lowest BCUT2D eigenvalue weighted by atomic mass is 9.97. The van der Waals surface area contributed by atoms with Crippen molar-refractivity contribution in [3.8, 4) is 0 Å². The second kappa shape index (κ2) is 5.70. The van der Waals surface area contributed by atoms with Crippen LogP contribution in [0.5, 0.6) is 0 Å². The number of alkyl halides is 3. The Hall–Kier alpha value is -0.520. The minimum atomic E-state index is -4.05. The molecule has 16 heavy (non-hydrogen) atoms. The molecule has 0 aromatic rings. The van der Waals surface area contributed by atoms with E-state index in [9.17, 15) is 13.2 Å². The van der Waals surface area contributed by atoms with Crippen molar-refractivity contribution in [1.82, 2.24) is 10.2 Å². The second-order valence-electron chi connectivity index (χ2n) is 4.03. The summed E-state index contributed by atoms with van der Waals surface area (Å²) in [5.74, 6) is -1.15. The lowest BCUT2D eigenvalue weighted by molar-refractivity contribution is -0.183. The highest BCUT2D eigenvalue weighted by molar-refractivity contribution is 7.80. The average molecular weight is 254 g/mol. The molecule has 0 amide bonds. The first kappa shape index (κ1) is 13.5. The molecule has 1 aliphatic heterocycles. The van der Waals surface area contributed by atoms with Crippen molar-refractivity contribution in [1.29, 1.82) is 0 Å². The summed E-state index contributed by atoms with van der Waals surface area (Å²) in [6.45, 7) is 3.60. The molecule has 1 rings (SSSR count). The minimum Gasteiger partial charge on any atom is -0.363 e. The van der Waals surface area contributed by atoms with Gasteiger partial charge in [0.25, 0.3) is 0 Å². The lowest BCUT2D eigenvalue weighted by Crippen LogP contribution is -2.46. The Bertz CT molecular complexity index is 235. The summed E-state index contributed by atoms with van der Waals surface area (Å²) in [6.07, 6.45) is -2.79. The molecule has 0 saturated carbocycles. The number of hydrogen-bond acceptors (Lipinski definition) is 1. The molecular weight excluding hydrogens is 237 g/mol. The summed E-state index contributed by atoms with van der Waals surface area (Å²) in [7, 11) is 0. The van der Waals surface area contributed by atoms with Gasteiger partial charge >= 0.3 is 6.18 Å². The third-order valence-electron chi connectivity index (χ3n) is 2.77. The van der Waals surface area contributed by atoms with Gasteiger partial charge in [-0.2, -0.15) is 13.2 Å². The van der Waals surface area contributed by atoms with E-state index in [4.69, 9.17) is 12.2 Å². The van der Waals surface area contributed by atoms with Crippen molar-refractivity contribution in [3.05, 3.63) is 0 Å². The zero-order chi connectivity index (χ0) is 12.2. The number of nitrogens with one attached hydrogen (secondary N) is 1. The van der Waals surface area contributed by atoms with Gasteiger partial charge in [-0.25, -0.2) is 0 Å². The normalized spacial score (nSPS) is 18.6. The third-order valence-corrected chi connectivity index (χ3v) is 3.17. The molecule has 1 fully saturated rings. The van der Waals surface area contributed by atoms with Crippen LogP contribution in [0.3, 0.4) is 0 Å². The minimum absolute atomic E-state index is 0.150. The zero-order valence-electron chi connectivity index (χ0n) is 9.31. The molecule has 0 spiro atoms. The van der Waals surface area contributed by atoms with Crippen LogP contribution in [0, 0.1) is 5.92 Å². The molecule has 0 bridgehead atoms. The number of piperidine rings is 1. The van der Waals surface area contributed by atoms with Crippen LogP contribution >= 0.6 is 12.2 Å². The maximum atomic E-state index is 12.4. The molecule has 6 heteroatoms. The summed E-state index contributed by atoms with van der Waals surface area (Å²) in [5.41, 5.74) is 0. The molecular formula is C10H17F3N2S. The molecule has 94 valence electrons. The zero-order valence-corrected chi connectivity index (χ0v) is 10.1. The van der Waals surface area contributed by atoms with E-state index in [1.165, 1.54) is 0 Å². The molecule has 0 unspecified atom stereocenters. The van der Waals surface area contributed by atoms with Crippen LogP contribution in [-0.2, 0) is 0 Å². The Balaban J connectivity index is 2.34. The van der Waals surface area contributed by atoms with Crippen LogP contribution < -0.4 is 5.32 Å². The van der Waals surface area contributed by atoms with Crippen LogP contribution in [0.4, 0.5) is 13.2 Å². The van der Waals surface area contributed by atoms with E-state index in [-0.39, 0.29) is 12.8 Å². The van der Waals surface area contributed by atoms with E-state index in [0.29, 0.717) is 18.2 Å². The molecule has 0 aliphatic carbocycles. The first-order chi connectivity index (χ1) is 7.45. The van der Waals surface area contributed by atoms with Gasteiger partial charge in [-0.15, -0.1) is 0 Å². The van der Waals surface area contributed by atoms with Crippen molar-refractivity contribution >= 4 is 17.3 Å². The SMILES string of the molecule is CCCNC(=S)N1CCC(C(F)(F)F)CC1. The highest BCUT2D eigenvalue weighted by Gasteiger charge is 2.41. The fourth-order valence-electron chi connectivity index (χ4n) is 1.75.